The minimum Gasteiger partial charge on any atom is -0.341 e. The van der Waals surface area contributed by atoms with Gasteiger partial charge in [0.15, 0.2) is 0 Å². The van der Waals surface area contributed by atoms with Crippen LogP contribution in [0.5, 0.6) is 0 Å². The van der Waals surface area contributed by atoms with E-state index in [-0.39, 0.29) is 17.9 Å². The van der Waals surface area contributed by atoms with E-state index in [4.69, 9.17) is 5.10 Å². The lowest BCUT2D eigenvalue weighted by atomic mass is 9.95. The van der Waals surface area contributed by atoms with Crippen molar-refractivity contribution in [2.24, 2.45) is 5.92 Å². The quantitative estimate of drug-likeness (QED) is 0.501. The molecule has 0 N–H and O–H groups in total. The largest absolute Gasteiger partial charge is 0.341 e. The van der Waals surface area contributed by atoms with Crippen molar-refractivity contribution in [1.29, 1.82) is 0 Å². The molecule has 2 heterocycles. The average Bonchev–Trinajstić information content (AvgIpc) is 3.33. The molecule has 0 unspecified atom stereocenters. The topological polar surface area (TPSA) is 61.7 Å². The van der Waals surface area contributed by atoms with Crippen LogP contribution in [0.3, 0.4) is 0 Å². The molecule has 0 aliphatic carbocycles. The number of para-hydroxylation sites is 1. The fourth-order valence-corrected chi connectivity index (χ4v) is 4.73. The number of likely N-dealkylation sites (tertiary alicyclic amines) is 1. The van der Waals surface area contributed by atoms with Crippen LogP contribution < -0.4 is 0 Å². The Bertz CT molecular complexity index is 1120. The molecular formula is C28H35N5O2. The van der Waals surface area contributed by atoms with Crippen LogP contribution in [-0.2, 0) is 11.3 Å². The Balaban J connectivity index is 1.47. The molecule has 0 saturated carbocycles. The second kappa shape index (κ2) is 11.2. The number of benzene rings is 2. The summed E-state index contributed by atoms with van der Waals surface area (Å²) in [5, 5.41) is 4.87. The van der Waals surface area contributed by atoms with Crippen molar-refractivity contribution in [2.75, 3.05) is 33.2 Å². The minimum absolute atomic E-state index is 0.0647. The Labute approximate surface area is 207 Å². The standard InChI is InChI=1S/C28H35N5O2/c1-4-31(5-2)28(35)32-18-16-23(17-19-32)27(34)30(3)20-24-21-33(25-14-10-7-11-15-25)29-26(24)22-12-8-6-9-13-22/h6-15,21,23H,4-5,16-20H2,1-3H3. The van der Waals surface area contributed by atoms with Crippen molar-refractivity contribution in [3.63, 3.8) is 0 Å². The highest BCUT2D eigenvalue weighted by atomic mass is 16.2. The number of rotatable bonds is 7. The van der Waals surface area contributed by atoms with E-state index >= 15 is 0 Å². The van der Waals surface area contributed by atoms with Gasteiger partial charge < -0.3 is 14.7 Å². The third-order valence-electron chi connectivity index (χ3n) is 6.79. The number of urea groups is 1. The molecular weight excluding hydrogens is 438 g/mol. The van der Waals surface area contributed by atoms with Gasteiger partial charge >= 0.3 is 6.03 Å². The molecule has 1 saturated heterocycles. The number of hydrogen-bond donors (Lipinski definition) is 0. The monoisotopic (exact) mass is 473 g/mol. The van der Waals surface area contributed by atoms with E-state index in [1.807, 2.05) is 107 Å². The highest BCUT2D eigenvalue weighted by Gasteiger charge is 2.30. The van der Waals surface area contributed by atoms with Gasteiger partial charge in [-0.25, -0.2) is 9.48 Å². The summed E-state index contributed by atoms with van der Waals surface area (Å²) < 4.78 is 1.88. The zero-order chi connectivity index (χ0) is 24.8. The van der Waals surface area contributed by atoms with Gasteiger partial charge in [0.2, 0.25) is 5.91 Å². The Morgan fingerprint density at radius 3 is 2.14 bits per heavy atom. The zero-order valence-electron chi connectivity index (χ0n) is 20.9. The second-order valence-electron chi connectivity index (χ2n) is 9.06. The van der Waals surface area contributed by atoms with Crippen LogP contribution in [0.25, 0.3) is 16.9 Å². The number of aromatic nitrogens is 2. The average molecular weight is 474 g/mol. The molecule has 35 heavy (non-hydrogen) atoms. The van der Waals surface area contributed by atoms with Crippen molar-refractivity contribution in [3.05, 3.63) is 72.4 Å². The molecule has 4 rings (SSSR count). The maximum atomic E-state index is 13.3. The van der Waals surface area contributed by atoms with Crippen molar-refractivity contribution in [2.45, 2.75) is 33.2 Å². The maximum Gasteiger partial charge on any atom is 0.319 e. The molecule has 0 spiro atoms. The van der Waals surface area contributed by atoms with Crippen LogP contribution in [0.15, 0.2) is 66.9 Å². The van der Waals surface area contributed by atoms with E-state index in [9.17, 15) is 9.59 Å². The van der Waals surface area contributed by atoms with Crippen molar-refractivity contribution < 1.29 is 9.59 Å². The fraction of sp³-hybridized carbons (Fsp3) is 0.393. The van der Waals surface area contributed by atoms with Gasteiger partial charge in [-0.3, -0.25) is 4.79 Å². The number of piperidine rings is 1. The summed E-state index contributed by atoms with van der Waals surface area (Å²) in [6, 6.07) is 20.2. The summed E-state index contributed by atoms with van der Waals surface area (Å²) in [5.41, 5.74) is 3.90. The van der Waals surface area contributed by atoms with Crippen molar-refractivity contribution in [1.82, 2.24) is 24.5 Å². The molecule has 0 radical (unpaired) electrons. The molecule has 184 valence electrons. The number of hydrogen-bond acceptors (Lipinski definition) is 3. The summed E-state index contributed by atoms with van der Waals surface area (Å²) in [6.07, 6.45) is 3.42. The first-order chi connectivity index (χ1) is 17.0. The minimum atomic E-state index is -0.0647. The van der Waals surface area contributed by atoms with Crippen LogP contribution in [0.4, 0.5) is 4.79 Å². The summed E-state index contributed by atoms with van der Waals surface area (Å²) in [6.45, 7) is 7.14. The number of carbonyl (C=O) groups is 2. The lowest BCUT2D eigenvalue weighted by Gasteiger charge is -2.35. The molecule has 0 bridgehead atoms. The first kappa shape index (κ1) is 24.5. The third kappa shape index (κ3) is 5.56. The molecule has 2 aromatic carbocycles. The van der Waals surface area contributed by atoms with E-state index in [1.165, 1.54) is 0 Å². The zero-order valence-corrected chi connectivity index (χ0v) is 20.9. The van der Waals surface area contributed by atoms with Crippen LogP contribution in [0, 0.1) is 5.92 Å². The summed E-state index contributed by atoms with van der Waals surface area (Å²) in [7, 11) is 1.87. The van der Waals surface area contributed by atoms with Gasteiger partial charge in [0, 0.05) is 63.0 Å². The van der Waals surface area contributed by atoms with Gasteiger partial charge in [0.25, 0.3) is 0 Å². The van der Waals surface area contributed by atoms with Crippen molar-refractivity contribution in [3.8, 4) is 16.9 Å². The molecule has 1 fully saturated rings. The lowest BCUT2D eigenvalue weighted by molar-refractivity contribution is -0.136. The molecule has 1 aliphatic rings. The third-order valence-corrected chi connectivity index (χ3v) is 6.79. The van der Waals surface area contributed by atoms with Crippen LogP contribution in [0.1, 0.15) is 32.3 Å². The highest BCUT2D eigenvalue weighted by Crippen LogP contribution is 2.26. The van der Waals surface area contributed by atoms with Crippen LogP contribution >= 0.6 is 0 Å². The molecule has 0 atom stereocenters. The molecule has 1 aromatic heterocycles. The van der Waals surface area contributed by atoms with Gasteiger partial charge in [-0.15, -0.1) is 0 Å². The molecule has 3 amide bonds. The highest BCUT2D eigenvalue weighted by molar-refractivity contribution is 5.80. The Morgan fingerprint density at radius 2 is 1.54 bits per heavy atom. The lowest BCUT2D eigenvalue weighted by Crippen LogP contribution is -2.48. The maximum absolute atomic E-state index is 13.3. The van der Waals surface area contributed by atoms with Crippen LogP contribution in [-0.4, -0.2) is 69.6 Å². The first-order valence-electron chi connectivity index (χ1n) is 12.5. The molecule has 1 aliphatic heterocycles. The van der Waals surface area contributed by atoms with Crippen LogP contribution in [0.2, 0.25) is 0 Å². The number of carbonyl (C=O) groups excluding carboxylic acids is 2. The van der Waals surface area contributed by atoms with Gasteiger partial charge in [-0.05, 0) is 38.8 Å². The number of amides is 3. The first-order valence-corrected chi connectivity index (χ1v) is 12.5. The van der Waals surface area contributed by atoms with E-state index in [2.05, 4.69) is 0 Å². The van der Waals surface area contributed by atoms with Gasteiger partial charge in [0.05, 0.1) is 11.4 Å². The van der Waals surface area contributed by atoms with E-state index < -0.39 is 0 Å². The predicted molar refractivity (Wildman–Crippen MR) is 138 cm³/mol. The summed E-state index contributed by atoms with van der Waals surface area (Å²) >= 11 is 0. The molecule has 7 heteroatoms. The van der Waals surface area contributed by atoms with Gasteiger partial charge in [-0.2, -0.15) is 5.10 Å². The fourth-order valence-electron chi connectivity index (χ4n) is 4.73. The Morgan fingerprint density at radius 1 is 0.943 bits per heavy atom. The van der Waals surface area contributed by atoms with E-state index in [0.29, 0.717) is 45.6 Å². The van der Waals surface area contributed by atoms with E-state index in [1.54, 1.807) is 0 Å². The van der Waals surface area contributed by atoms with Crippen molar-refractivity contribution >= 4 is 11.9 Å². The van der Waals surface area contributed by atoms with Gasteiger partial charge in [0.1, 0.15) is 0 Å². The smallest absolute Gasteiger partial charge is 0.319 e. The molecule has 7 nitrogen and oxygen atoms in total. The van der Waals surface area contributed by atoms with E-state index in [0.717, 1.165) is 22.5 Å². The second-order valence-corrected chi connectivity index (χ2v) is 9.06. The Kier molecular flexibility index (Phi) is 7.85. The predicted octanol–water partition coefficient (Wildman–Crippen LogP) is 4.67. The SMILES string of the molecule is CCN(CC)C(=O)N1CCC(C(=O)N(C)Cc2cn(-c3ccccc3)nc2-c2ccccc2)CC1. The number of nitrogens with zero attached hydrogens (tertiary/aromatic N) is 5. The molecule has 3 aromatic rings. The summed E-state index contributed by atoms with van der Waals surface area (Å²) in [4.78, 5) is 31.5. The normalized spacial score (nSPS) is 14.1. The Hall–Kier alpha value is -3.61. The van der Waals surface area contributed by atoms with Gasteiger partial charge in [-0.1, -0.05) is 48.5 Å². The summed E-state index contributed by atoms with van der Waals surface area (Å²) in [5.74, 6) is 0.0662.